The van der Waals surface area contributed by atoms with Crippen molar-refractivity contribution in [2.45, 2.75) is 13.0 Å². The number of ether oxygens (including phenoxy) is 2. The van der Waals surface area contributed by atoms with Crippen LogP contribution < -0.4 is 10.1 Å². The van der Waals surface area contributed by atoms with E-state index in [9.17, 15) is 14.7 Å². The minimum absolute atomic E-state index is 0.145. The van der Waals surface area contributed by atoms with Gasteiger partial charge in [0.1, 0.15) is 10.6 Å². The zero-order chi connectivity index (χ0) is 18.9. The van der Waals surface area contributed by atoms with E-state index >= 15 is 0 Å². The van der Waals surface area contributed by atoms with E-state index in [-0.39, 0.29) is 13.2 Å². The second-order valence-electron chi connectivity index (χ2n) is 5.29. The molecule has 1 aromatic carbocycles. The largest absolute Gasteiger partial charge is 0.492 e. The number of thiophene rings is 1. The Morgan fingerprint density at radius 2 is 2.08 bits per heavy atom. The van der Waals surface area contributed by atoms with Gasteiger partial charge in [-0.15, -0.1) is 17.9 Å². The number of nitrogens with one attached hydrogen (secondary N) is 1. The Morgan fingerprint density at radius 3 is 2.69 bits per heavy atom. The van der Waals surface area contributed by atoms with Gasteiger partial charge in [0.2, 0.25) is 0 Å². The number of carbonyl (C=O) groups is 2. The highest BCUT2D eigenvalue weighted by atomic mass is 32.1. The van der Waals surface area contributed by atoms with Crippen molar-refractivity contribution in [3.05, 3.63) is 53.9 Å². The fourth-order valence-electron chi connectivity index (χ4n) is 2.21. The van der Waals surface area contributed by atoms with Gasteiger partial charge in [-0.1, -0.05) is 36.4 Å². The number of hydrogen-bond donors (Lipinski definition) is 2. The van der Waals surface area contributed by atoms with Crippen LogP contribution >= 0.6 is 11.3 Å². The average Bonchev–Trinajstić information content (AvgIpc) is 3.06. The minimum Gasteiger partial charge on any atom is -0.492 e. The van der Waals surface area contributed by atoms with Crippen LogP contribution in [0.2, 0.25) is 0 Å². The van der Waals surface area contributed by atoms with Crippen LogP contribution in [0.3, 0.4) is 0 Å². The molecular formula is C19H21NO5S. The molecule has 6 nitrogen and oxygen atoms in total. The van der Waals surface area contributed by atoms with Gasteiger partial charge >= 0.3 is 5.97 Å². The van der Waals surface area contributed by atoms with Crippen LogP contribution in [-0.4, -0.2) is 42.8 Å². The summed E-state index contributed by atoms with van der Waals surface area (Å²) in [5.74, 6) is -1.24. The number of hydrogen-bond acceptors (Lipinski definition) is 5. The summed E-state index contributed by atoms with van der Waals surface area (Å²) in [4.78, 5) is 25.2. The molecule has 0 aliphatic rings. The summed E-state index contributed by atoms with van der Waals surface area (Å²) < 4.78 is 10.7. The highest BCUT2D eigenvalue weighted by molar-refractivity contribution is 7.17. The normalized spacial score (nSPS) is 11.6. The summed E-state index contributed by atoms with van der Waals surface area (Å²) in [6.45, 7) is 5.79. The quantitative estimate of drug-likeness (QED) is 0.492. The van der Waals surface area contributed by atoms with Crippen molar-refractivity contribution in [3.63, 3.8) is 0 Å². The molecule has 0 aliphatic carbocycles. The molecule has 7 heteroatoms. The van der Waals surface area contributed by atoms with Gasteiger partial charge < -0.3 is 19.9 Å². The van der Waals surface area contributed by atoms with E-state index in [1.165, 1.54) is 17.4 Å². The Balaban J connectivity index is 2.21. The number of carboxylic acid groups (broad SMARTS) is 1. The molecule has 0 saturated carbocycles. The molecule has 0 fully saturated rings. The molecule has 138 valence electrons. The number of aliphatic carboxylic acids is 1. The van der Waals surface area contributed by atoms with E-state index in [4.69, 9.17) is 9.47 Å². The van der Waals surface area contributed by atoms with E-state index in [2.05, 4.69) is 11.9 Å². The second-order valence-corrected chi connectivity index (χ2v) is 6.35. The molecule has 2 rings (SSSR count). The van der Waals surface area contributed by atoms with Crippen LogP contribution in [-0.2, 0) is 9.53 Å². The summed E-state index contributed by atoms with van der Waals surface area (Å²) in [6.07, 6.45) is 1.51. The van der Waals surface area contributed by atoms with Gasteiger partial charge in [-0.3, -0.25) is 4.79 Å². The molecule has 1 unspecified atom stereocenters. The van der Waals surface area contributed by atoms with Crippen molar-refractivity contribution in [1.29, 1.82) is 0 Å². The molecule has 2 N–H and O–H groups in total. The molecule has 1 heterocycles. The number of carboxylic acids is 1. The van der Waals surface area contributed by atoms with Crippen molar-refractivity contribution in [2.75, 3.05) is 19.8 Å². The molecular weight excluding hydrogens is 354 g/mol. The van der Waals surface area contributed by atoms with E-state index in [1.807, 2.05) is 37.3 Å². The van der Waals surface area contributed by atoms with Gasteiger partial charge in [-0.05, 0) is 18.6 Å². The van der Waals surface area contributed by atoms with E-state index < -0.39 is 17.9 Å². The average molecular weight is 375 g/mol. The molecule has 0 bridgehead atoms. The van der Waals surface area contributed by atoms with Crippen LogP contribution in [0.1, 0.15) is 16.6 Å². The molecule has 1 aromatic heterocycles. The Morgan fingerprint density at radius 1 is 1.35 bits per heavy atom. The Bertz CT molecular complexity index is 757. The standard InChI is InChI=1S/C19H21NO5S/c1-3-10-24-12-14(19(22)23)20-18(21)17-15(25-4-2)11-16(26-17)13-8-6-5-7-9-13/h3,5-9,11,14H,1,4,10,12H2,2H3,(H,20,21)(H,22,23). The van der Waals surface area contributed by atoms with Crippen molar-refractivity contribution in [3.8, 4) is 16.2 Å². The van der Waals surface area contributed by atoms with Crippen LogP contribution in [0.4, 0.5) is 0 Å². The third-order valence-electron chi connectivity index (χ3n) is 3.39. The molecule has 26 heavy (non-hydrogen) atoms. The van der Waals surface area contributed by atoms with Crippen LogP contribution in [0.25, 0.3) is 10.4 Å². The Kier molecular flexibility index (Phi) is 7.37. The van der Waals surface area contributed by atoms with Gasteiger partial charge in [0.05, 0.1) is 19.8 Å². The van der Waals surface area contributed by atoms with E-state index in [0.29, 0.717) is 17.2 Å². The van der Waals surface area contributed by atoms with Gasteiger partial charge in [0.15, 0.2) is 6.04 Å². The highest BCUT2D eigenvalue weighted by Crippen LogP contribution is 2.36. The lowest BCUT2D eigenvalue weighted by Gasteiger charge is -2.14. The fraction of sp³-hybridized carbons (Fsp3) is 0.263. The van der Waals surface area contributed by atoms with E-state index in [0.717, 1.165) is 10.4 Å². The van der Waals surface area contributed by atoms with Crippen molar-refractivity contribution in [1.82, 2.24) is 5.32 Å². The first kappa shape index (κ1) is 19.7. The predicted octanol–water partition coefficient (Wildman–Crippen LogP) is 3.20. The topological polar surface area (TPSA) is 84.9 Å². The van der Waals surface area contributed by atoms with Crippen LogP contribution in [0.5, 0.6) is 5.75 Å². The molecule has 0 radical (unpaired) electrons. The molecule has 0 saturated heterocycles. The summed E-state index contributed by atoms with van der Waals surface area (Å²) >= 11 is 1.26. The van der Waals surface area contributed by atoms with Gasteiger partial charge in [-0.2, -0.15) is 0 Å². The van der Waals surface area contributed by atoms with E-state index in [1.54, 1.807) is 6.07 Å². The number of benzene rings is 1. The Hall–Kier alpha value is -2.64. The third-order valence-corrected chi connectivity index (χ3v) is 4.55. The number of amides is 1. The monoisotopic (exact) mass is 375 g/mol. The summed E-state index contributed by atoms with van der Waals surface area (Å²) in [5, 5.41) is 11.8. The molecule has 0 spiro atoms. The summed E-state index contributed by atoms with van der Waals surface area (Å²) in [6, 6.07) is 10.2. The van der Waals surface area contributed by atoms with Gasteiger partial charge in [0.25, 0.3) is 5.91 Å². The maximum atomic E-state index is 12.6. The summed E-state index contributed by atoms with van der Waals surface area (Å²) in [5.41, 5.74) is 0.960. The van der Waals surface area contributed by atoms with Crippen molar-refractivity contribution >= 4 is 23.2 Å². The van der Waals surface area contributed by atoms with Crippen LogP contribution in [0.15, 0.2) is 49.1 Å². The second kappa shape index (κ2) is 9.74. The maximum Gasteiger partial charge on any atom is 0.328 e. The smallest absolute Gasteiger partial charge is 0.328 e. The zero-order valence-corrected chi connectivity index (χ0v) is 15.3. The molecule has 2 aromatic rings. The predicted molar refractivity (Wildman–Crippen MR) is 101 cm³/mol. The number of carbonyl (C=O) groups excluding carboxylic acids is 1. The van der Waals surface area contributed by atoms with Gasteiger partial charge in [-0.25, -0.2) is 4.79 Å². The van der Waals surface area contributed by atoms with Gasteiger partial charge in [0, 0.05) is 4.88 Å². The highest BCUT2D eigenvalue weighted by Gasteiger charge is 2.25. The molecule has 0 aliphatic heterocycles. The maximum absolute atomic E-state index is 12.6. The first-order valence-corrected chi connectivity index (χ1v) is 8.92. The first-order chi connectivity index (χ1) is 12.6. The zero-order valence-electron chi connectivity index (χ0n) is 14.4. The lowest BCUT2D eigenvalue weighted by Crippen LogP contribution is -2.43. The lowest BCUT2D eigenvalue weighted by molar-refractivity contribution is -0.140. The molecule has 1 amide bonds. The first-order valence-electron chi connectivity index (χ1n) is 8.11. The molecule has 1 atom stereocenters. The Labute approximate surface area is 156 Å². The third kappa shape index (κ3) is 5.18. The lowest BCUT2D eigenvalue weighted by atomic mass is 10.2. The summed E-state index contributed by atoms with van der Waals surface area (Å²) in [7, 11) is 0. The number of rotatable bonds is 10. The fourth-order valence-corrected chi connectivity index (χ4v) is 3.22. The minimum atomic E-state index is -1.17. The van der Waals surface area contributed by atoms with Crippen LogP contribution in [0, 0.1) is 0 Å². The SMILES string of the molecule is C=CCOCC(NC(=O)c1sc(-c2ccccc2)cc1OCC)C(=O)O. The van der Waals surface area contributed by atoms with Crippen molar-refractivity contribution in [2.24, 2.45) is 0 Å². The van der Waals surface area contributed by atoms with Crippen molar-refractivity contribution < 1.29 is 24.2 Å².